The molecule has 1 aliphatic carbocycles. The van der Waals surface area contributed by atoms with Crippen molar-refractivity contribution in [2.75, 3.05) is 0 Å². The Morgan fingerprint density at radius 2 is 1.79 bits per heavy atom. The van der Waals surface area contributed by atoms with Crippen LogP contribution in [0.3, 0.4) is 0 Å². The monoisotopic (exact) mass is 388 g/mol. The van der Waals surface area contributed by atoms with Crippen molar-refractivity contribution in [3.8, 4) is 11.4 Å². The summed E-state index contributed by atoms with van der Waals surface area (Å²) in [4.78, 5) is 0. The van der Waals surface area contributed by atoms with Crippen LogP contribution in [0.5, 0.6) is 0 Å². The van der Waals surface area contributed by atoms with Crippen LogP contribution in [0.1, 0.15) is 63.3 Å². The first-order chi connectivity index (χ1) is 13.7. The van der Waals surface area contributed by atoms with Gasteiger partial charge in [0.05, 0.1) is 6.10 Å². The number of hydrogen-bond acceptors (Lipinski definition) is 4. The summed E-state index contributed by atoms with van der Waals surface area (Å²) < 4.78 is 0. The number of rotatable bonds is 3. The Balaban J connectivity index is 1.67. The zero-order valence-corrected chi connectivity index (χ0v) is 17.7. The van der Waals surface area contributed by atoms with E-state index in [4.69, 9.17) is 0 Å². The summed E-state index contributed by atoms with van der Waals surface area (Å²) in [5.74, 6) is 0.666. The second kappa shape index (κ2) is 6.92. The summed E-state index contributed by atoms with van der Waals surface area (Å²) in [5, 5.41) is 24.6. The van der Waals surface area contributed by atoms with Crippen molar-refractivity contribution in [1.82, 2.24) is 20.6 Å². The van der Waals surface area contributed by atoms with Crippen LogP contribution in [0.25, 0.3) is 23.0 Å². The molecule has 0 radical (unpaired) electrons. The van der Waals surface area contributed by atoms with E-state index in [0.717, 1.165) is 17.5 Å². The Kier molecular flexibility index (Phi) is 4.66. The van der Waals surface area contributed by atoms with Gasteiger partial charge in [-0.25, -0.2) is 5.10 Å². The van der Waals surface area contributed by atoms with Crippen molar-refractivity contribution in [3.63, 3.8) is 0 Å². The molecule has 0 aliphatic heterocycles. The maximum absolute atomic E-state index is 10.7. The number of tetrazole rings is 1. The predicted molar refractivity (Wildman–Crippen MR) is 116 cm³/mol. The maximum Gasteiger partial charge on any atom is 0.179 e. The first-order valence-corrected chi connectivity index (χ1v) is 10.0. The molecule has 0 saturated carbocycles. The van der Waals surface area contributed by atoms with Crippen LogP contribution in [-0.2, 0) is 10.8 Å². The van der Waals surface area contributed by atoms with Crippen LogP contribution in [0.15, 0.2) is 42.5 Å². The van der Waals surface area contributed by atoms with Crippen molar-refractivity contribution in [3.05, 3.63) is 64.7 Å². The molecule has 0 saturated heterocycles. The topological polar surface area (TPSA) is 74.7 Å². The SMILES string of the molecule is CC(=Cc1ccc(-c2nnn[nH]2)cc1)c1ccc2c(c1)C(C)(C)CC(O)C2(C)C. The molecule has 0 amide bonds. The Bertz CT molecular complexity index is 1050. The van der Waals surface area contributed by atoms with Gasteiger partial charge in [-0.15, -0.1) is 5.10 Å². The molecule has 0 fully saturated rings. The number of nitrogens with zero attached hydrogens (tertiary/aromatic N) is 3. The minimum atomic E-state index is -0.328. The number of fused-ring (bicyclic) bond motifs is 1. The minimum Gasteiger partial charge on any atom is -0.392 e. The molecular formula is C24H28N4O. The standard InChI is InChI=1S/C24H28N4O/c1-15(12-16-6-8-17(9-7-16)22-25-27-28-26-22)18-10-11-19-20(13-18)23(2,3)14-21(29)24(19,4)5/h6-13,21,29H,14H2,1-5H3,(H,25,26,27,28). The van der Waals surface area contributed by atoms with Gasteiger partial charge in [0.2, 0.25) is 0 Å². The highest BCUT2D eigenvalue weighted by molar-refractivity contribution is 5.81. The highest BCUT2D eigenvalue weighted by Crippen LogP contribution is 2.46. The van der Waals surface area contributed by atoms with Gasteiger partial charge in [0.1, 0.15) is 0 Å². The molecule has 2 aromatic carbocycles. The number of aliphatic hydroxyl groups excluding tert-OH is 1. The van der Waals surface area contributed by atoms with Gasteiger partial charge >= 0.3 is 0 Å². The molecule has 0 bridgehead atoms. The fourth-order valence-corrected chi connectivity index (χ4v) is 4.29. The van der Waals surface area contributed by atoms with Gasteiger partial charge in [0, 0.05) is 11.0 Å². The summed E-state index contributed by atoms with van der Waals surface area (Å²) in [5.41, 5.74) is 6.83. The van der Waals surface area contributed by atoms with E-state index in [1.54, 1.807) is 0 Å². The van der Waals surface area contributed by atoms with E-state index in [1.807, 2.05) is 12.1 Å². The van der Waals surface area contributed by atoms with E-state index < -0.39 is 0 Å². The van der Waals surface area contributed by atoms with Gasteiger partial charge in [-0.05, 0) is 57.0 Å². The zero-order valence-electron chi connectivity index (χ0n) is 17.7. The second-order valence-electron chi connectivity index (χ2n) is 9.29. The van der Waals surface area contributed by atoms with Gasteiger partial charge in [-0.3, -0.25) is 0 Å². The number of aromatic nitrogens is 4. The lowest BCUT2D eigenvalue weighted by Crippen LogP contribution is -2.45. The van der Waals surface area contributed by atoms with Crippen LogP contribution in [0.4, 0.5) is 0 Å². The summed E-state index contributed by atoms with van der Waals surface area (Å²) in [7, 11) is 0. The lowest BCUT2D eigenvalue weighted by molar-refractivity contribution is 0.0583. The third kappa shape index (κ3) is 3.51. The Morgan fingerprint density at radius 1 is 1.07 bits per heavy atom. The number of H-pyrrole nitrogens is 1. The third-order valence-corrected chi connectivity index (χ3v) is 6.35. The normalized spacial score (nSPS) is 20.3. The average molecular weight is 389 g/mol. The summed E-state index contributed by atoms with van der Waals surface area (Å²) in [6.07, 6.45) is 2.64. The zero-order chi connectivity index (χ0) is 20.8. The predicted octanol–water partition coefficient (Wildman–Crippen LogP) is 4.75. The van der Waals surface area contributed by atoms with Crippen molar-refractivity contribution in [1.29, 1.82) is 0 Å². The van der Waals surface area contributed by atoms with Crippen molar-refractivity contribution in [2.24, 2.45) is 0 Å². The van der Waals surface area contributed by atoms with Gasteiger partial charge in [0.25, 0.3) is 0 Å². The smallest absolute Gasteiger partial charge is 0.179 e. The van der Waals surface area contributed by atoms with Gasteiger partial charge in [-0.2, -0.15) is 0 Å². The first-order valence-electron chi connectivity index (χ1n) is 10.0. The number of aliphatic hydroxyl groups is 1. The van der Waals surface area contributed by atoms with Crippen LogP contribution < -0.4 is 0 Å². The van der Waals surface area contributed by atoms with Gasteiger partial charge in [0.15, 0.2) is 5.82 Å². The Hall–Kier alpha value is -2.79. The second-order valence-corrected chi connectivity index (χ2v) is 9.29. The highest BCUT2D eigenvalue weighted by atomic mass is 16.3. The molecule has 1 atom stereocenters. The average Bonchev–Trinajstić information content (AvgIpc) is 3.21. The van der Waals surface area contributed by atoms with Crippen LogP contribution in [0, 0.1) is 0 Å². The number of allylic oxidation sites excluding steroid dienone is 1. The molecule has 5 nitrogen and oxygen atoms in total. The van der Waals surface area contributed by atoms with Crippen molar-refractivity contribution >= 4 is 11.6 Å². The summed E-state index contributed by atoms with van der Waals surface area (Å²) >= 11 is 0. The molecule has 0 spiro atoms. The van der Waals surface area contributed by atoms with E-state index >= 15 is 0 Å². The maximum atomic E-state index is 10.7. The fourth-order valence-electron chi connectivity index (χ4n) is 4.29. The van der Waals surface area contributed by atoms with E-state index in [2.05, 4.69) is 91.7 Å². The van der Waals surface area contributed by atoms with Gasteiger partial charge < -0.3 is 5.11 Å². The first kappa shape index (κ1) is 19.5. The number of benzene rings is 2. The molecule has 1 aliphatic rings. The number of aromatic amines is 1. The molecule has 1 unspecified atom stereocenters. The molecular weight excluding hydrogens is 360 g/mol. The Labute approximate surface area is 171 Å². The van der Waals surface area contributed by atoms with E-state index in [9.17, 15) is 5.11 Å². The minimum absolute atomic E-state index is 0.0483. The number of nitrogens with one attached hydrogen (secondary N) is 1. The largest absolute Gasteiger partial charge is 0.392 e. The molecule has 3 aromatic rings. The Morgan fingerprint density at radius 3 is 2.45 bits per heavy atom. The van der Waals surface area contributed by atoms with Crippen LogP contribution >= 0.6 is 0 Å². The lowest BCUT2D eigenvalue weighted by atomic mass is 9.61. The number of hydrogen-bond donors (Lipinski definition) is 2. The molecule has 5 heteroatoms. The quantitative estimate of drug-likeness (QED) is 0.635. The molecule has 1 aromatic heterocycles. The summed E-state index contributed by atoms with van der Waals surface area (Å²) in [6, 6.07) is 14.9. The highest BCUT2D eigenvalue weighted by Gasteiger charge is 2.43. The molecule has 150 valence electrons. The van der Waals surface area contributed by atoms with Crippen LogP contribution in [-0.4, -0.2) is 31.8 Å². The fraction of sp³-hybridized carbons (Fsp3) is 0.375. The molecule has 29 heavy (non-hydrogen) atoms. The summed E-state index contributed by atoms with van der Waals surface area (Å²) in [6.45, 7) is 10.9. The van der Waals surface area contributed by atoms with E-state index in [0.29, 0.717) is 5.82 Å². The lowest BCUT2D eigenvalue weighted by Gasteiger charge is -2.45. The third-order valence-electron chi connectivity index (χ3n) is 6.35. The van der Waals surface area contributed by atoms with Crippen molar-refractivity contribution in [2.45, 2.75) is 58.0 Å². The molecule has 2 N–H and O–H groups in total. The van der Waals surface area contributed by atoms with E-state index in [-0.39, 0.29) is 16.9 Å². The van der Waals surface area contributed by atoms with E-state index in [1.165, 1.54) is 22.3 Å². The molecule has 1 heterocycles. The molecule has 4 rings (SSSR count). The van der Waals surface area contributed by atoms with Crippen molar-refractivity contribution < 1.29 is 5.11 Å². The van der Waals surface area contributed by atoms with Crippen LogP contribution in [0.2, 0.25) is 0 Å². The van der Waals surface area contributed by atoms with Gasteiger partial charge in [-0.1, -0.05) is 76.2 Å².